The van der Waals surface area contributed by atoms with Crippen LogP contribution < -0.4 is 5.32 Å². The largest absolute Gasteiger partial charge is 0.356 e. The first-order chi connectivity index (χ1) is 9.32. The number of aliphatic imine (C=N–C) groups is 1. The Labute approximate surface area is 147 Å². The number of guanidine groups is 1. The lowest BCUT2D eigenvalue weighted by molar-refractivity contribution is -0.0674. The topological polar surface area (TPSA) is 27.6 Å². The monoisotopic (exact) mass is 405 g/mol. The smallest absolute Gasteiger partial charge is 0.194 e. The van der Waals surface area contributed by atoms with E-state index in [4.69, 9.17) is 0 Å². The summed E-state index contributed by atoms with van der Waals surface area (Å²) in [5.74, 6) is 2.11. The molecule has 2 saturated carbocycles. The van der Waals surface area contributed by atoms with Crippen molar-refractivity contribution in [1.82, 2.24) is 10.2 Å². The molecule has 1 aliphatic heterocycles. The average Bonchev–Trinajstić information content (AvgIpc) is 3.15. The van der Waals surface area contributed by atoms with E-state index in [0.717, 1.165) is 25.0 Å². The zero-order valence-corrected chi connectivity index (χ0v) is 16.7. The molecular formula is C17H32IN3. The molecule has 1 heterocycles. The summed E-state index contributed by atoms with van der Waals surface area (Å²) < 4.78 is 0. The molecule has 0 aromatic rings. The molecule has 0 bridgehead atoms. The summed E-state index contributed by atoms with van der Waals surface area (Å²) in [7, 11) is 1.92. The summed E-state index contributed by atoms with van der Waals surface area (Å²) in [5, 5.41) is 3.70. The van der Waals surface area contributed by atoms with Crippen LogP contribution in [0.3, 0.4) is 0 Å². The van der Waals surface area contributed by atoms with Crippen LogP contribution >= 0.6 is 24.0 Å². The van der Waals surface area contributed by atoms with Crippen molar-refractivity contribution in [3.05, 3.63) is 0 Å². The molecule has 3 nitrogen and oxygen atoms in total. The molecular weight excluding hydrogens is 373 g/mol. The highest BCUT2D eigenvalue weighted by Crippen LogP contribution is 2.56. The maximum atomic E-state index is 4.54. The minimum atomic E-state index is 0. The fourth-order valence-corrected chi connectivity index (χ4v) is 4.01. The van der Waals surface area contributed by atoms with E-state index in [2.05, 4.69) is 42.9 Å². The lowest BCUT2D eigenvalue weighted by Gasteiger charge is -2.62. The molecule has 0 unspecified atom stereocenters. The second kappa shape index (κ2) is 5.57. The van der Waals surface area contributed by atoms with Crippen LogP contribution in [0, 0.1) is 16.7 Å². The Morgan fingerprint density at radius 3 is 2.14 bits per heavy atom. The van der Waals surface area contributed by atoms with Gasteiger partial charge in [0.25, 0.3) is 0 Å². The van der Waals surface area contributed by atoms with Crippen molar-refractivity contribution in [2.24, 2.45) is 21.7 Å². The lowest BCUT2D eigenvalue weighted by Crippen LogP contribution is -2.72. The van der Waals surface area contributed by atoms with Gasteiger partial charge in [0.15, 0.2) is 5.96 Å². The van der Waals surface area contributed by atoms with Gasteiger partial charge in [0, 0.05) is 31.1 Å². The van der Waals surface area contributed by atoms with Gasteiger partial charge in [0.05, 0.1) is 0 Å². The Balaban J connectivity index is 0.00000161. The third-order valence-corrected chi connectivity index (χ3v) is 6.74. The molecule has 0 amide bonds. The van der Waals surface area contributed by atoms with Gasteiger partial charge in [0.1, 0.15) is 0 Å². The summed E-state index contributed by atoms with van der Waals surface area (Å²) in [6, 6.07) is 0. The Morgan fingerprint density at radius 2 is 1.81 bits per heavy atom. The van der Waals surface area contributed by atoms with Crippen molar-refractivity contribution < 1.29 is 0 Å². The Morgan fingerprint density at radius 1 is 1.19 bits per heavy atom. The number of rotatable bonds is 3. The van der Waals surface area contributed by atoms with Gasteiger partial charge in [-0.15, -0.1) is 24.0 Å². The summed E-state index contributed by atoms with van der Waals surface area (Å²) in [6.07, 6.45) is 7.21. The molecule has 3 aliphatic rings. The molecule has 122 valence electrons. The Hall–Kier alpha value is 0. The van der Waals surface area contributed by atoms with Gasteiger partial charge < -0.3 is 10.2 Å². The van der Waals surface area contributed by atoms with Crippen LogP contribution in [-0.2, 0) is 0 Å². The number of hydrogen-bond acceptors (Lipinski definition) is 1. The van der Waals surface area contributed by atoms with E-state index in [-0.39, 0.29) is 29.5 Å². The minimum Gasteiger partial charge on any atom is -0.356 e. The summed E-state index contributed by atoms with van der Waals surface area (Å²) in [5.41, 5.74) is 1.18. The third-order valence-electron chi connectivity index (χ3n) is 6.74. The predicted molar refractivity (Wildman–Crippen MR) is 100 cm³/mol. The van der Waals surface area contributed by atoms with Crippen molar-refractivity contribution in [1.29, 1.82) is 0 Å². The molecule has 0 aromatic carbocycles. The van der Waals surface area contributed by atoms with Gasteiger partial charge in [-0.2, -0.15) is 0 Å². The van der Waals surface area contributed by atoms with Crippen molar-refractivity contribution in [3.8, 4) is 0 Å². The zero-order valence-electron chi connectivity index (χ0n) is 14.3. The van der Waals surface area contributed by atoms with Gasteiger partial charge in [-0.1, -0.05) is 20.3 Å². The third kappa shape index (κ3) is 2.70. The zero-order chi connectivity index (χ0) is 14.6. The standard InChI is InChI=1S/C17H31N3.HI/c1-15(2)12-20(16(15,3)4)14(18-5)19-11-17(9-6-10-17)13-7-8-13;/h13H,6-12H2,1-5H3,(H,18,19);1H. The summed E-state index contributed by atoms with van der Waals surface area (Å²) in [4.78, 5) is 6.99. The van der Waals surface area contributed by atoms with Crippen molar-refractivity contribution in [2.75, 3.05) is 20.1 Å². The van der Waals surface area contributed by atoms with Crippen molar-refractivity contribution in [3.63, 3.8) is 0 Å². The molecule has 0 radical (unpaired) electrons. The predicted octanol–water partition coefficient (Wildman–Crippen LogP) is 3.88. The van der Waals surface area contributed by atoms with E-state index < -0.39 is 0 Å². The molecule has 4 heteroatoms. The molecule has 1 saturated heterocycles. The van der Waals surface area contributed by atoms with Crippen LogP contribution in [0.1, 0.15) is 59.8 Å². The number of likely N-dealkylation sites (tertiary alicyclic amines) is 1. The first kappa shape index (κ1) is 17.4. The number of halogens is 1. The molecule has 2 aliphatic carbocycles. The molecule has 3 fully saturated rings. The lowest BCUT2D eigenvalue weighted by atomic mass is 9.64. The highest BCUT2D eigenvalue weighted by molar-refractivity contribution is 14.0. The molecule has 0 aromatic heterocycles. The maximum Gasteiger partial charge on any atom is 0.194 e. The first-order valence-corrected chi connectivity index (χ1v) is 8.31. The first-order valence-electron chi connectivity index (χ1n) is 8.31. The molecule has 21 heavy (non-hydrogen) atoms. The fraction of sp³-hybridized carbons (Fsp3) is 0.941. The van der Waals surface area contributed by atoms with Crippen LogP contribution in [0.2, 0.25) is 0 Å². The summed E-state index contributed by atoms with van der Waals surface area (Å²) in [6.45, 7) is 11.6. The van der Waals surface area contributed by atoms with Crippen LogP contribution in [0.4, 0.5) is 0 Å². The molecule has 3 rings (SSSR count). The van der Waals surface area contributed by atoms with E-state index in [1.807, 2.05) is 7.05 Å². The molecule has 0 atom stereocenters. The molecule has 0 spiro atoms. The number of hydrogen-bond donors (Lipinski definition) is 1. The van der Waals surface area contributed by atoms with E-state index >= 15 is 0 Å². The van der Waals surface area contributed by atoms with Gasteiger partial charge in [-0.3, -0.25) is 4.99 Å². The van der Waals surface area contributed by atoms with Gasteiger partial charge in [-0.25, -0.2) is 0 Å². The second-order valence-electron chi connectivity index (χ2n) is 8.42. The average molecular weight is 405 g/mol. The number of nitrogens with one attached hydrogen (secondary N) is 1. The number of nitrogens with zero attached hydrogens (tertiary/aromatic N) is 2. The van der Waals surface area contributed by atoms with E-state index in [9.17, 15) is 0 Å². The maximum absolute atomic E-state index is 4.54. The highest BCUT2D eigenvalue weighted by atomic mass is 127. The molecule has 1 N–H and O–H groups in total. The van der Waals surface area contributed by atoms with Gasteiger partial charge in [-0.05, 0) is 50.9 Å². The van der Waals surface area contributed by atoms with Crippen LogP contribution in [0.25, 0.3) is 0 Å². The SMILES string of the molecule is CN=C(NCC1(C2CC2)CCC1)N1CC(C)(C)C1(C)C.I. The van der Waals surface area contributed by atoms with E-state index in [1.165, 1.54) is 32.1 Å². The Bertz CT molecular complexity index is 420. The van der Waals surface area contributed by atoms with Crippen LogP contribution in [0.15, 0.2) is 4.99 Å². The van der Waals surface area contributed by atoms with Crippen LogP contribution in [0.5, 0.6) is 0 Å². The second-order valence-corrected chi connectivity index (χ2v) is 8.42. The van der Waals surface area contributed by atoms with E-state index in [0.29, 0.717) is 10.8 Å². The minimum absolute atomic E-state index is 0. The van der Waals surface area contributed by atoms with Crippen molar-refractivity contribution >= 4 is 29.9 Å². The fourth-order valence-electron chi connectivity index (χ4n) is 4.01. The summed E-state index contributed by atoms with van der Waals surface area (Å²) >= 11 is 0. The highest BCUT2D eigenvalue weighted by Gasteiger charge is 2.54. The van der Waals surface area contributed by atoms with Gasteiger partial charge in [0.2, 0.25) is 0 Å². The van der Waals surface area contributed by atoms with Gasteiger partial charge >= 0.3 is 0 Å². The van der Waals surface area contributed by atoms with Crippen LogP contribution in [-0.4, -0.2) is 36.5 Å². The Kier molecular flexibility index (Phi) is 4.60. The van der Waals surface area contributed by atoms with E-state index in [1.54, 1.807) is 0 Å². The quantitative estimate of drug-likeness (QED) is 0.439. The normalized spacial score (nSPS) is 29.0. The van der Waals surface area contributed by atoms with Crippen molar-refractivity contribution in [2.45, 2.75) is 65.3 Å².